The number of hydrogen-bond acceptors (Lipinski definition) is 7. The van der Waals surface area contributed by atoms with Gasteiger partial charge >= 0.3 is 0 Å². The number of aliphatic hydroxyl groups excluding tert-OH is 1. The SMILES string of the molecule is Cn1cnc(S(=O)(=O)NCc2scc3c2CN(C2CCC(O)NC2=O)C3=O)c1. The third-order valence-electron chi connectivity index (χ3n) is 4.88. The predicted molar refractivity (Wildman–Crippen MR) is 98.6 cm³/mol. The molecule has 0 aromatic carbocycles. The number of nitrogens with one attached hydrogen (secondary N) is 2. The van der Waals surface area contributed by atoms with Crippen LogP contribution in [0.15, 0.2) is 22.9 Å². The van der Waals surface area contributed by atoms with Crippen molar-refractivity contribution in [3.63, 3.8) is 0 Å². The van der Waals surface area contributed by atoms with Crippen LogP contribution in [0.25, 0.3) is 0 Å². The summed E-state index contributed by atoms with van der Waals surface area (Å²) in [5, 5.41) is 13.6. The molecular formula is C16H19N5O5S2. The van der Waals surface area contributed by atoms with E-state index in [0.29, 0.717) is 18.4 Å². The molecule has 12 heteroatoms. The number of thiophene rings is 1. The Bertz CT molecular complexity index is 1040. The van der Waals surface area contributed by atoms with E-state index in [1.165, 1.54) is 28.8 Å². The number of carbonyl (C=O) groups excluding carboxylic acids is 2. The van der Waals surface area contributed by atoms with Crippen molar-refractivity contribution in [1.82, 2.24) is 24.5 Å². The Morgan fingerprint density at radius 2 is 2.18 bits per heavy atom. The van der Waals surface area contributed by atoms with Gasteiger partial charge in [0, 0.05) is 36.6 Å². The molecule has 2 aromatic rings. The van der Waals surface area contributed by atoms with Crippen molar-refractivity contribution >= 4 is 33.2 Å². The van der Waals surface area contributed by atoms with Gasteiger partial charge in [-0.05, 0) is 18.4 Å². The van der Waals surface area contributed by atoms with Crippen molar-refractivity contribution in [3.05, 3.63) is 33.9 Å². The lowest BCUT2D eigenvalue weighted by atomic mass is 10.0. The lowest BCUT2D eigenvalue weighted by Gasteiger charge is -2.32. The lowest BCUT2D eigenvalue weighted by molar-refractivity contribution is -0.132. The summed E-state index contributed by atoms with van der Waals surface area (Å²) in [5.41, 5.74) is 1.23. The van der Waals surface area contributed by atoms with Crippen molar-refractivity contribution in [2.24, 2.45) is 7.05 Å². The molecular weight excluding hydrogens is 406 g/mol. The van der Waals surface area contributed by atoms with E-state index in [4.69, 9.17) is 0 Å². The summed E-state index contributed by atoms with van der Waals surface area (Å²) in [7, 11) is -2.08. The smallest absolute Gasteiger partial charge is 0.259 e. The van der Waals surface area contributed by atoms with Gasteiger partial charge in [0.1, 0.15) is 12.3 Å². The third kappa shape index (κ3) is 3.32. The summed E-state index contributed by atoms with van der Waals surface area (Å²) >= 11 is 1.31. The maximum atomic E-state index is 12.7. The standard InChI is InChI=1S/C16H19N5O5S2/c1-20-6-14(17-8-20)28(25,26)18-4-12-9-5-21(16(24)10(9)7-27-12)11-2-3-13(22)19-15(11)23/h6-8,11,13,18,22H,2-5H2,1H3,(H,19,23). The van der Waals surface area contributed by atoms with Crippen molar-refractivity contribution in [1.29, 1.82) is 0 Å². The van der Waals surface area contributed by atoms with Gasteiger partial charge in [-0.3, -0.25) is 9.59 Å². The highest BCUT2D eigenvalue weighted by Crippen LogP contribution is 2.34. The molecule has 28 heavy (non-hydrogen) atoms. The first-order valence-electron chi connectivity index (χ1n) is 8.62. The van der Waals surface area contributed by atoms with Gasteiger partial charge in [0.2, 0.25) is 5.91 Å². The summed E-state index contributed by atoms with van der Waals surface area (Å²) in [5.74, 6) is -0.625. The van der Waals surface area contributed by atoms with Crippen LogP contribution in [-0.2, 0) is 35.0 Å². The number of carbonyl (C=O) groups is 2. The van der Waals surface area contributed by atoms with Crippen LogP contribution in [0, 0.1) is 0 Å². The molecule has 2 unspecified atom stereocenters. The molecule has 0 saturated carbocycles. The van der Waals surface area contributed by atoms with E-state index in [2.05, 4.69) is 15.0 Å². The molecule has 10 nitrogen and oxygen atoms in total. The Balaban J connectivity index is 1.49. The molecule has 2 aliphatic rings. The summed E-state index contributed by atoms with van der Waals surface area (Å²) in [6.45, 7) is 0.280. The largest absolute Gasteiger partial charge is 0.374 e. The molecule has 1 fully saturated rings. The molecule has 150 valence electrons. The number of aliphatic hydroxyl groups is 1. The van der Waals surface area contributed by atoms with Crippen LogP contribution in [0.4, 0.5) is 0 Å². The van der Waals surface area contributed by atoms with Crippen molar-refractivity contribution in [2.75, 3.05) is 0 Å². The van der Waals surface area contributed by atoms with E-state index >= 15 is 0 Å². The monoisotopic (exact) mass is 425 g/mol. The molecule has 4 heterocycles. The summed E-state index contributed by atoms with van der Waals surface area (Å²) in [6, 6.07) is -0.633. The zero-order chi connectivity index (χ0) is 20.1. The van der Waals surface area contributed by atoms with Crippen LogP contribution in [0.5, 0.6) is 0 Å². The van der Waals surface area contributed by atoms with Gasteiger partial charge in [-0.25, -0.2) is 18.1 Å². The number of fused-ring (bicyclic) bond motifs is 1. The van der Waals surface area contributed by atoms with E-state index in [-0.39, 0.29) is 29.9 Å². The number of rotatable bonds is 5. The Hall–Kier alpha value is -2.28. The third-order valence-corrected chi connectivity index (χ3v) is 7.20. The fraction of sp³-hybridized carbons (Fsp3) is 0.438. The highest BCUT2D eigenvalue weighted by atomic mass is 32.2. The highest BCUT2D eigenvalue weighted by Gasteiger charge is 2.40. The maximum Gasteiger partial charge on any atom is 0.259 e. The second kappa shape index (κ2) is 6.95. The van der Waals surface area contributed by atoms with Gasteiger partial charge in [-0.2, -0.15) is 0 Å². The Morgan fingerprint density at radius 3 is 2.86 bits per heavy atom. The predicted octanol–water partition coefficient (Wildman–Crippen LogP) is -0.487. The molecule has 3 N–H and O–H groups in total. The normalized spacial score (nSPS) is 22.4. The molecule has 0 bridgehead atoms. The van der Waals surface area contributed by atoms with Crippen molar-refractivity contribution in [3.8, 4) is 0 Å². The van der Waals surface area contributed by atoms with Gasteiger partial charge < -0.3 is 19.9 Å². The first kappa shape index (κ1) is 19.1. The molecule has 2 amide bonds. The average molecular weight is 425 g/mol. The summed E-state index contributed by atoms with van der Waals surface area (Å²) < 4.78 is 28.8. The average Bonchev–Trinajstić information content (AvgIpc) is 3.31. The lowest BCUT2D eigenvalue weighted by Crippen LogP contribution is -2.54. The van der Waals surface area contributed by atoms with Crippen molar-refractivity contribution < 1.29 is 23.1 Å². The second-order valence-corrected chi connectivity index (χ2v) is 9.48. The number of aryl methyl sites for hydroxylation is 1. The van der Waals surface area contributed by atoms with Crippen molar-refractivity contribution in [2.45, 2.75) is 43.2 Å². The van der Waals surface area contributed by atoms with E-state index in [9.17, 15) is 23.1 Å². The molecule has 1 saturated heterocycles. The van der Waals surface area contributed by atoms with Crippen LogP contribution < -0.4 is 10.0 Å². The number of sulfonamides is 1. The zero-order valence-corrected chi connectivity index (χ0v) is 16.6. The molecule has 0 spiro atoms. The molecule has 4 rings (SSSR count). The van der Waals surface area contributed by atoms with Crippen LogP contribution in [-0.4, -0.2) is 52.1 Å². The highest BCUT2D eigenvalue weighted by molar-refractivity contribution is 7.89. The Labute approximate surface area is 165 Å². The quantitative estimate of drug-likeness (QED) is 0.592. The van der Waals surface area contributed by atoms with E-state index < -0.39 is 22.3 Å². The number of piperidine rings is 1. The number of amides is 2. The van der Waals surface area contributed by atoms with Crippen LogP contribution >= 0.6 is 11.3 Å². The summed E-state index contributed by atoms with van der Waals surface area (Å²) in [4.78, 5) is 30.9. The number of imidazole rings is 1. The number of aromatic nitrogens is 2. The second-order valence-electron chi connectivity index (χ2n) is 6.80. The molecule has 2 aliphatic heterocycles. The molecule has 0 radical (unpaired) electrons. The maximum absolute atomic E-state index is 12.7. The van der Waals surface area contributed by atoms with E-state index in [1.807, 2.05) is 0 Å². The van der Waals surface area contributed by atoms with Gasteiger partial charge in [-0.1, -0.05) is 0 Å². The molecule has 2 aromatic heterocycles. The topological polar surface area (TPSA) is 134 Å². The van der Waals surface area contributed by atoms with Gasteiger partial charge in [0.15, 0.2) is 5.03 Å². The van der Waals surface area contributed by atoms with E-state index in [0.717, 1.165) is 10.4 Å². The van der Waals surface area contributed by atoms with E-state index in [1.54, 1.807) is 17.0 Å². The Kier molecular flexibility index (Phi) is 4.73. The van der Waals surface area contributed by atoms with Gasteiger partial charge in [0.25, 0.3) is 15.9 Å². The minimum Gasteiger partial charge on any atom is -0.374 e. The first-order chi connectivity index (χ1) is 13.3. The Morgan fingerprint density at radius 1 is 1.39 bits per heavy atom. The van der Waals surface area contributed by atoms with Crippen LogP contribution in [0.3, 0.4) is 0 Å². The van der Waals surface area contributed by atoms with Crippen LogP contribution in [0.1, 0.15) is 33.6 Å². The van der Waals surface area contributed by atoms with Crippen LogP contribution in [0.2, 0.25) is 0 Å². The fourth-order valence-corrected chi connectivity index (χ4v) is 5.45. The minimum absolute atomic E-state index is 0.0373. The first-order valence-corrected chi connectivity index (χ1v) is 11.0. The summed E-state index contributed by atoms with van der Waals surface area (Å²) in [6.07, 6.45) is 2.69. The zero-order valence-electron chi connectivity index (χ0n) is 15.0. The molecule has 2 atom stereocenters. The number of nitrogens with zero attached hydrogens (tertiary/aromatic N) is 3. The minimum atomic E-state index is -3.76. The van der Waals surface area contributed by atoms with Gasteiger partial charge in [-0.15, -0.1) is 11.3 Å². The number of hydrogen-bond donors (Lipinski definition) is 3. The van der Waals surface area contributed by atoms with Gasteiger partial charge in [0.05, 0.1) is 11.9 Å². The molecule has 0 aliphatic carbocycles. The fourth-order valence-electron chi connectivity index (χ4n) is 3.41.